The number of hydrogen-bond donors (Lipinski definition) is 1. The van der Waals surface area contributed by atoms with Gasteiger partial charge >= 0.3 is 0 Å². The summed E-state index contributed by atoms with van der Waals surface area (Å²) in [6, 6.07) is 13.5. The summed E-state index contributed by atoms with van der Waals surface area (Å²) < 4.78 is 32.6. The third-order valence-electron chi connectivity index (χ3n) is 5.06. The van der Waals surface area contributed by atoms with Gasteiger partial charge < -0.3 is 10.1 Å². The van der Waals surface area contributed by atoms with E-state index in [1.807, 2.05) is 29.6 Å². The first-order chi connectivity index (χ1) is 15.0. The lowest BCUT2D eigenvalue weighted by Gasteiger charge is -2.25. The lowest BCUT2D eigenvalue weighted by Crippen LogP contribution is -2.35. The van der Waals surface area contributed by atoms with Gasteiger partial charge in [0.2, 0.25) is 10.0 Å². The highest BCUT2D eigenvalue weighted by Crippen LogP contribution is 2.24. The van der Waals surface area contributed by atoms with Gasteiger partial charge in [-0.1, -0.05) is 29.9 Å². The van der Waals surface area contributed by atoms with Crippen molar-refractivity contribution in [2.24, 2.45) is 0 Å². The molecule has 31 heavy (non-hydrogen) atoms. The standard InChI is InChI=1S/C22H23N3O4S2/c26-21(24-16-17-4-8-19(9-5-17)29-22-23-12-15-30-22)18-6-10-20(11-7-18)31(27,28)25-13-2-1-3-14-25/h4-12,15H,1-3,13-14,16H2,(H,24,26). The van der Waals surface area contributed by atoms with Crippen LogP contribution in [0, 0.1) is 0 Å². The van der Waals surface area contributed by atoms with Crippen molar-refractivity contribution >= 4 is 27.3 Å². The molecule has 1 fully saturated rings. The third-order valence-corrected chi connectivity index (χ3v) is 7.62. The molecule has 1 saturated heterocycles. The van der Waals surface area contributed by atoms with E-state index in [0.717, 1.165) is 24.8 Å². The Morgan fingerprint density at radius 3 is 2.39 bits per heavy atom. The second-order valence-electron chi connectivity index (χ2n) is 7.22. The summed E-state index contributed by atoms with van der Waals surface area (Å²) in [6.07, 6.45) is 4.52. The zero-order valence-corrected chi connectivity index (χ0v) is 18.5. The minimum atomic E-state index is -3.50. The summed E-state index contributed by atoms with van der Waals surface area (Å²) in [5.74, 6) is 0.417. The molecule has 1 aliphatic rings. The Balaban J connectivity index is 1.33. The van der Waals surface area contributed by atoms with Crippen LogP contribution in [0.25, 0.3) is 0 Å². The number of carbonyl (C=O) groups excluding carboxylic acids is 1. The second kappa shape index (κ2) is 9.59. The van der Waals surface area contributed by atoms with Crippen LogP contribution in [0.5, 0.6) is 10.9 Å². The molecule has 1 aliphatic heterocycles. The lowest BCUT2D eigenvalue weighted by molar-refractivity contribution is 0.0951. The fourth-order valence-electron chi connectivity index (χ4n) is 3.35. The molecule has 2 heterocycles. The van der Waals surface area contributed by atoms with E-state index in [9.17, 15) is 13.2 Å². The molecule has 0 spiro atoms. The Morgan fingerprint density at radius 1 is 1.03 bits per heavy atom. The predicted molar refractivity (Wildman–Crippen MR) is 119 cm³/mol. The Bertz CT molecular complexity index is 1110. The number of thiazole rings is 1. The van der Waals surface area contributed by atoms with Crippen LogP contribution in [0.4, 0.5) is 0 Å². The topological polar surface area (TPSA) is 88.6 Å². The highest BCUT2D eigenvalue weighted by Gasteiger charge is 2.25. The van der Waals surface area contributed by atoms with Gasteiger partial charge in [0, 0.05) is 36.8 Å². The summed E-state index contributed by atoms with van der Waals surface area (Å²) in [6.45, 7) is 1.46. The van der Waals surface area contributed by atoms with E-state index in [1.165, 1.54) is 27.8 Å². The number of rotatable bonds is 7. The van der Waals surface area contributed by atoms with Crippen LogP contribution in [0.2, 0.25) is 0 Å². The number of nitrogens with one attached hydrogen (secondary N) is 1. The number of carbonyl (C=O) groups is 1. The van der Waals surface area contributed by atoms with Gasteiger partial charge in [-0.3, -0.25) is 4.79 Å². The minimum Gasteiger partial charge on any atom is -0.431 e. The van der Waals surface area contributed by atoms with Gasteiger partial charge in [0.05, 0.1) is 4.90 Å². The number of piperidine rings is 1. The van der Waals surface area contributed by atoms with E-state index >= 15 is 0 Å². The van der Waals surface area contributed by atoms with Gasteiger partial charge in [0.15, 0.2) is 0 Å². The first-order valence-corrected chi connectivity index (χ1v) is 12.4. The van der Waals surface area contributed by atoms with Crippen molar-refractivity contribution in [3.8, 4) is 10.9 Å². The van der Waals surface area contributed by atoms with Crippen molar-refractivity contribution in [2.75, 3.05) is 13.1 Å². The van der Waals surface area contributed by atoms with Gasteiger partial charge in [-0.15, -0.1) is 0 Å². The van der Waals surface area contributed by atoms with Crippen molar-refractivity contribution in [1.29, 1.82) is 0 Å². The molecule has 0 saturated carbocycles. The molecule has 1 N–H and O–H groups in total. The smallest absolute Gasteiger partial charge is 0.278 e. The summed E-state index contributed by atoms with van der Waals surface area (Å²) in [4.78, 5) is 16.8. The number of sulfonamides is 1. The molecule has 4 rings (SSSR count). The number of amides is 1. The van der Waals surface area contributed by atoms with E-state index in [-0.39, 0.29) is 10.8 Å². The highest BCUT2D eigenvalue weighted by atomic mass is 32.2. The van der Waals surface area contributed by atoms with Gasteiger partial charge in [0.25, 0.3) is 11.1 Å². The first-order valence-electron chi connectivity index (χ1n) is 10.1. The fraction of sp³-hybridized carbons (Fsp3) is 0.273. The normalized spacial score (nSPS) is 14.8. The summed E-state index contributed by atoms with van der Waals surface area (Å²) in [5, 5.41) is 5.27. The number of nitrogens with zero attached hydrogens (tertiary/aromatic N) is 2. The number of aromatic nitrogens is 1. The molecule has 7 nitrogen and oxygen atoms in total. The fourth-order valence-corrected chi connectivity index (χ4v) is 5.38. The molecule has 2 aromatic carbocycles. The molecule has 0 radical (unpaired) electrons. The first kappa shape index (κ1) is 21.5. The van der Waals surface area contributed by atoms with Crippen molar-refractivity contribution in [2.45, 2.75) is 30.7 Å². The summed E-state index contributed by atoms with van der Waals surface area (Å²) >= 11 is 1.41. The third kappa shape index (κ3) is 5.30. The van der Waals surface area contributed by atoms with Crippen LogP contribution in [0.1, 0.15) is 35.2 Å². The Morgan fingerprint density at radius 2 is 1.74 bits per heavy atom. The van der Waals surface area contributed by atoms with Crippen LogP contribution in [0.3, 0.4) is 0 Å². The van der Waals surface area contributed by atoms with Gasteiger partial charge in [-0.2, -0.15) is 4.31 Å². The summed E-state index contributed by atoms with van der Waals surface area (Å²) in [7, 11) is -3.50. The van der Waals surface area contributed by atoms with Crippen molar-refractivity contribution in [3.63, 3.8) is 0 Å². The maximum absolute atomic E-state index is 12.7. The van der Waals surface area contributed by atoms with Crippen LogP contribution in [-0.4, -0.2) is 36.7 Å². The van der Waals surface area contributed by atoms with E-state index in [0.29, 0.717) is 36.1 Å². The maximum atomic E-state index is 12.7. The molecule has 0 atom stereocenters. The van der Waals surface area contributed by atoms with Gasteiger partial charge in [0.1, 0.15) is 5.75 Å². The molecule has 9 heteroatoms. The van der Waals surface area contributed by atoms with E-state index < -0.39 is 10.0 Å². The average molecular weight is 458 g/mol. The monoisotopic (exact) mass is 457 g/mol. The van der Waals surface area contributed by atoms with Gasteiger partial charge in [-0.05, 0) is 54.8 Å². The highest BCUT2D eigenvalue weighted by molar-refractivity contribution is 7.89. The zero-order valence-electron chi connectivity index (χ0n) is 16.9. The average Bonchev–Trinajstić information content (AvgIpc) is 3.32. The molecular formula is C22H23N3O4S2. The molecule has 0 aliphatic carbocycles. The molecule has 0 bridgehead atoms. The maximum Gasteiger partial charge on any atom is 0.278 e. The Kier molecular flexibility index (Phi) is 6.64. The van der Waals surface area contributed by atoms with E-state index in [2.05, 4.69) is 10.3 Å². The van der Waals surface area contributed by atoms with Crippen LogP contribution in [0.15, 0.2) is 65.0 Å². The van der Waals surface area contributed by atoms with Crippen LogP contribution in [-0.2, 0) is 16.6 Å². The molecular weight excluding hydrogens is 434 g/mol. The molecule has 1 amide bonds. The quantitative estimate of drug-likeness (QED) is 0.578. The van der Waals surface area contributed by atoms with E-state index in [4.69, 9.17) is 4.74 Å². The molecule has 3 aromatic rings. The van der Waals surface area contributed by atoms with Crippen molar-refractivity contribution in [3.05, 3.63) is 71.2 Å². The largest absolute Gasteiger partial charge is 0.431 e. The second-order valence-corrected chi connectivity index (χ2v) is 10.0. The molecule has 162 valence electrons. The molecule has 0 unspecified atom stereocenters. The van der Waals surface area contributed by atoms with Crippen LogP contribution >= 0.6 is 11.3 Å². The Hall–Kier alpha value is -2.75. The number of hydrogen-bond acceptors (Lipinski definition) is 6. The summed E-state index contributed by atoms with van der Waals surface area (Å²) in [5.41, 5.74) is 1.34. The lowest BCUT2D eigenvalue weighted by atomic mass is 10.2. The van der Waals surface area contributed by atoms with Crippen molar-refractivity contribution in [1.82, 2.24) is 14.6 Å². The number of benzene rings is 2. The predicted octanol–water partition coefficient (Wildman–Crippen LogP) is 4.04. The Labute approximate surface area is 185 Å². The van der Waals surface area contributed by atoms with Crippen LogP contribution < -0.4 is 10.1 Å². The minimum absolute atomic E-state index is 0.224. The zero-order chi connectivity index (χ0) is 21.7. The van der Waals surface area contributed by atoms with Gasteiger partial charge in [-0.25, -0.2) is 13.4 Å². The SMILES string of the molecule is O=C(NCc1ccc(Oc2nccs2)cc1)c1ccc(S(=O)(=O)N2CCCCC2)cc1. The number of ether oxygens (including phenoxy) is 1. The van der Waals surface area contributed by atoms with Crippen molar-refractivity contribution < 1.29 is 17.9 Å². The molecule has 1 aromatic heterocycles. The van der Waals surface area contributed by atoms with E-state index in [1.54, 1.807) is 18.3 Å².